The Morgan fingerprint density at radius 3 is 1.35 bits per heavy atom. The minimum atomic E-state index is -4.71. The van der Waals surface area contributed by atoms with Gasteiger partial charge in [0.15, 0.2) is 6.10 Å². The van der Waals surface area contributed by atoms with E-state index in [2.05, 4.69) is 42.7 Å². The molecule has 11 nitrogen and oxygen atoms in total. The van der Waals surface area contributed by atoms with E-state index in [1.165, 1.54) is 77.0 Å². The van der Waals surface area contributed by atoms with Gasteiger partial charge in [-0.2, -0.15) is 0 Å². The van der Waals surface area contributed by atoms with E-state index in [1.807, 2.05) is 0 Å². The maximum Gasteiger partial charge on any atom is 0.472 e. The zero-order chi connectivity index (χ0) is 40.0. The number of carbonyl (C=O) groups is 3. The predicted molar refractivity (Wildman–Crippen MR) is 217 cm³/mol. The number of aliphatic carboxylic acids is 1. The van der Waals surface area contributed by atoms with Crippen LogP contribution in [0, 0.1) is 0 Å². The maximum atomic E-state index is 12.6. The number of phosphoric ester groups is 1. The quantitative estimate of drug-likeness (QED) is 0.0233. The Morgan fingerprint density at radius 2 is 0.926 bits per heavy atom. The van der Waals surface area contributed by atoms with Crippen molar-refractivity contribution >= 4 is 25.7 Å². The van der Waals surface area contributed by atoms with Crippen molar-refractivity contribution < 1.29 is 47.5 Å². The number of esters is 2. The second-order valence-electron chi connectivity index (χ2n) is 14.5. The van der Waals surface area contributed by atoms with Crippen LogP contribution in [0.5, 0.6) is 0 Å². The SMILES string of the molecule is CCCCCCC/C=C\CCCCCCCC(=O)OC[C@H](COP(=O)(O)OC[C@H](N)C(=O)O)OC(=O)CCCCCCC/C=C\CCCCCCCCC. The molecule has 0 saturated carbocycles. The number of carboxylic acid groups (broad SMARTS) is 1. The first kappa shape index (κ1) is 52.0. The molecule has 316 valence electrons. The Morgan fingerprint density at radius 1 is 0.556 bits per heavy atom. The summed E-state index contributed by atoms with van der Waals surface area (Å²) in [6, 6.07) is -1.52. The van der Waals surface area contributed by atoms with Gasteiger partial charge in [0.25, 0.3) is 0 Å². The summed E-state index contributed by atoms with van der Waals surface area (Å²) in [6.07, 6.45) is 38.1. The third-order valence-electron chi connectivity index (χ3n) is 9.17. The lowest BCUT2D eigenvalue weighted by Gasteiger charge is -2.20. The molecule has 0 aliphatic carbocycles. The van der Waals surface area contributed by atoms with Crippen LogP contribution in [0.2, 0.25) is 0 Å². The number of carbonyl (C=O) groups excluding carboxylic acids is 2. The van der Waals surface area contributed by atoms with E-state index >= 15 is 0 Å². The highest BCUT2D eigenvalue weighted by molar-refractivity contribution is 7.47. The van der Waals surface area contributed by atoms with Gasteiger partial charge in [0, 0.05) is 12.8 Å². The summed E-state index contributed by atoms with van der Waals surface area (Å²) in [7, 11) is -4.71. The van der Waals surface area contributed by atoms with Gasteiger partial charge in [-0.1, -0.05) is 141 Å². The molecular weight excluding hydrogens is 709 g/mol. The molecule has 0 aromatic rings. The normalized spacial score (nSPS) is 14.0. The molecule has 0 heterocycles. The van der Waals surface area contributed by atoms with Crippen LogP contribution in [-0.4, -0.2) is 59.9 Å². The van der Waals surface area contributed by atoms with E-state index in [-0.39, 0.29) is 19.4 Å². The van der Waals surface area contributed by atoms with Gasteiger partial charge < -0.3 is 25.2 Å². The van der Waals surface area contributed by atoms with Crippen LogP contribution in [0.25, 0.3) is 0 Å². The number of hydrogen-bond acceptors (Lipinski definition) is 9. The fraction of sp³-hybridized carbons (Fsp3) is 0.833. The number of phosphoric acid groups is 1. The molecule has 4 N–H and O–H groups in total. The van der Waals surface area contributed by atoms with Gasteiger partial charge >= 0.3 is 25.7 Å². The Bertz CT molecular complexity index is 1020. The lowest BCUT2D eigenvalue weighted by molar-refractivity contribution is -0.161. The lowest BCUT2D eigenvalue weighted by atomic mass is 10.1. The van der Waals surface area contributed by atoms with Crippen LogP contribution in [0.15, 0.2) is 24.3 Å². The minimum Gasteiger partial charge on any atom is -0.480 e. The van der Waals surface area contributed by atoms with Crippen molar-refractivity contribution in [2.45, 2.75) is 206 Å². The molecule has 12 heteroatoms. The lowest BCUT2D eigenvalue weighted by Crippen LogP contribution is -2.34. The molecule has 0 aliphatic rings. The monoisotopic (exact) mass is 788 g/mol. The number of hydrogen-bond donors (Lipinski definition) is 3. The second-order valence-corrected chi connectivity index (χ2v) is 15.9. The van der Waals surface area contributed by atoms with Gasteiger partial charge in [-0.25, -0.2) is 4.57 Å². The number of carboxylic acids is 1. The Labute approximate surface area is 328 Å². The van der Waals surface area contributed by atoms with Crippen molar-refractivity contribution in [3.63, 3.8) is 0 Å². The van der Waals surface area contributed by atoms with Crippen molar-refractivity contribution in [3.8, 4) is 0 Å². The zero-order valence-corrected chi connectivity index (χ0v) is 35.0. The summed E-state index contributed by atoms with van der Waals surface area (Å²) in [6.45, 7) is 2.78. The first-order valence-electron chi connectivity index (χ1n) is 21.4. The molecule has 1 unspecified atom stereocenters. The summed E-state index contributed by atoms with van der Waals surface area (Å²) in [5.74, 6) is -2.40. The van der Waals surface area contributed by atoms with Gasteiger partial charge in [-0.15, -0.1) is 0 Å². The molecule has 0 rings (SSSR count). The molecule has 0 spiro atoms. The van der Waals surface area contributed by atoms with Gasteiger partial charge in [0.1, 0.15) is 12.6 Å². The van der Waals surface area contributed by atoms with E-state index in [0.717, 1.165) is 77.0 Å². The molecule has 0 aliphatic heterocycles. The second kappa shape index (κ2) is 37.9. The summed E-state index contributed by atoms with van der Waals surface area (Å²) in [4.78, 5) is 45.9. The van der Waals surface area contributed by atoms with Crippen LogP contribution >= 0.6 is 7.82 Å². The third-order valence-corrected chi connectivity index (χ3v) is 10.1. The Hall–Kier alpha value is -2.04. The van der Waals surface area contributed by atoms with E-state index in [1.54, 1.807) is 0 Å². The number of allylic oxidation sites excluding steroid dienone is 4. The highest BCUT2D eigenvalue weighted by Gasteiger charge is 2.28. The van der Waals surface area contributed by atoms with Crippen molar-refractivity contribution in [1.29, 1.82) is 0 Å². The first-order chi connectivity index (χ1) is 26.1. The van der Waals surface area contributed by atoms with Crippen LogP contribution in [-0.2, 0) is 37.5 Å². The number of rotatable bonds is 40. The molecule has 0 aromatic heterocycles. The summed E-state index contributed by atoms with van der Waals surface area (Å²) in [5, 5.41) is 8.88. The number of ether oxygens (including phenoxy) is 2. The van der Waals surface area contributed by atoms with Gasteiger partial charge in [0.2, 0.25) is 0 Å². The smallest absolute Gasteiger partial charge is 0.472 e. The molecule has 0 aromatic carbocycles. The van der Waals surface area contributed by atoms with E-state index in [9.17, 15) is 23.8 Å². The predicted octanol–water partition coefficient (Wildman–Crippen LogP) is 11.1. The average molecular weight is 788 g/mol. The summed E-state index contributed by atoms with van der Waals surface area (Å²) >= 11 is 0. The fourth-order valence-corrected chi connectivity index (χ4v) is 6.54. The zero-order valence-electron chi connectivity index (χ0n) is 34.1. The van der Waals surface area contributed by atoms with Crippen LogP contribution in [0.3, 0.4) is 0 Å². The topological polar surface area (TPSA) is 172 Å². The highest BCUT2D eigenvalue weighted by atomic mass is 31.2. The molecule has 0 bridgehead atoms. The summed E-state index contributed by atoms with van der Waals surface area (Å²) < 4.78 is 32.6. The van der Waals surface area contributed by atoms with Gasteiger partial charge in [0.05, 0.1) is 13.2 Å². The number of nitrogens with two attached hydrogens (primary N) is 1. The molecule has 54 heavy (non-hydrogen) atoms. The summed E-state index contributed by atoms with van der Waals surface area (Å²) in [5.41, 5.74) is 5.33. The maximum absolute atomic E-state index is 12.6. The minimum absolute atomic E-state index is 0.151. The molecule has 0 saturated heterocycles. The highest BCUT2D eigenvalue weighted by Crippen LogP contribution is 2.43. The van der Waals surface area contributed by atoms with E-state index in [0.29, 0.717) is 12.8 Å². The Balaban J connectivity index is 4.40. The van der Waals surface area contributed by atoms with Crippen LogP contribution in [0.4, 0.5) is 0 Å². The fourth-order valence-electron chi connectivity index (χ4n) is 5.76. The van der Waals surface area contributed by atoms with E-state index in [4.69, 9.17) is 24.8 Å². The average Bonchev–Trinajstić information content (AvgIpc) is 3.14. The molecule has 0 fully saturated rings. The molecule has 0 radical (unpaired) electrons. The largest absolute Gasteiger partial charge is 0.480 e. The van der Waals surface area contributed by atoms with E-state index < -0.39 is 51.1 Å². The molecule has 3 atom stereocenters. The third kappa shape index (κ3) is 36.9. The van der Waals surface area contributed by atoms with Crippen molar-refractivity contribution in [3.05, 3.63) is 24.3 Å². The van der Waals surface area contributed by atoms with Crippen molar-refractivity contribution in [2.24, 2.45) is 5.73 Å². The standard InChI is InChI=1S/C42H78NO10P/c1-3-5-7-9-11-13-15-17-19-20-22-24-26-28-30-32-34-41(45)53-38(36-51-54(48,49)52-37-39(43)42(46)47)35-50-40(44)33-31-29-27-25-23-21-18-16-14-12-10-8-6-4-2/h16,18-20,38-39H,3-15,17,21-37,43H2,1-2H3,(H,46,47)(H,48,49)/b18-16-,20-19-/t38-,39+/m1/s1. The van der Waals surface area contributed by atoms with Crippen LogP contribution < -0.4 is 5.73 Å². The van der Waals surface area contributed by atoms with Crippen LogP contribution in [0.1, 0.15) is 194 Å². The Kier molecular flexibility index (Phi) is 36.4. The van der Waals surface area contributed by atoms with Gasteiger partial charge in [-0.3, -0.25) is 23.4 Å². The number of unbranched alkanes of at least 4 members (excludes halogenated alkanes) is 22. The van der Waals surface area contributed by atoms with Crippen molar-refractivity contribution in [1.82, 2.24) is 0 Å². The molecule has 0 amide bonds. The van der Waals surface area contributed by atoms with Gasteiger partial charge in [-0.05, 0) is 64.2 Å². The van der Waals surface area contributed by atoms with Crippen molar-refractivity contribution in [2.75, 3.05) is 19.8 Å². The first-order valence-corrected chi connectivity index (χ1v) is 22.9. The molecular formula is C42H78NO10P.